The Morgan fingerprint density at radius 1 is 1.47 bits per heavy atom. The first kappa shape index (κ1) is 12.5. The van der Waals surface area contributed by atoms with Gasteiger partial charge in [0.25, 0.3) is 0 Å². The molecule has 1 aliphatic carbocycles. The number of likely N-dealkylation sites (N-methyl/N-ethyl adjacent to an activating group) is 1. The molecule has 0 bridgehead atoms. The summed E-state index contributed by atoms with van der Waals surface area (Å²) in [5, 5.41) is 18.1. The lowest BCUT2D eigenvalue weighted by atomic mass is 9.79. The van der Waals surface area contributed by atoms with Crippen molar-refractivity contribution in [3.63, 3.8) is 0 Å². The largest absolute Gasteiger partial charge is 0.395 e. The Labute approximate surface area is 92.7 Å². The Balaban J connectivity index is 2.64. The molecule has 0 saturated heterocycles. The number of nitriles is 1. The first-order valence-corrected chi connectivity index (χ1v) is 5.97. The fraction of sp³-hybridized carbons (Fsp3) is 0.917. The topological polar surface area (TPSA) is 47.3 Å². The Hall–Kier alpha value is -0.590. The van der Waals surface area contributed by atoms with Gasteiger partial charge in [0.05, 0.1) is 18.6 Å². The first-order chi connectivity index (χ1) is 7.22. The molecule has 3 heteroatoms. The van der Waals surface area contributed by atoms with Gasteiger partial charge in [0, 0.05) is 12.6 Å². The summed E-state index contributed by atoms with van der Waals surface area (Å²) in [5.41, 5.74) is 0. The van der Waals surface area contributed by atoms with Gasteiger partial charge in [-0.05, 0) is 31.7 Å². The van der Waals surface area contributed by atoms with Gasteiger partial charge in [-0.2, -0.15) is 5.26 Å². The summed E-state index contributed by atoms with van der Waals surface area (Å²) < 4.78 is 0. The highest BCUT2D eigenvalue weighted by Crippen LogP contribution is 2.31. The molecular formula is C12H22N2O. The number of rotatable bonds is 4. The molecule has 1 saturated carbocycles. The Morgan fingerprint density at radius 2 is 2.20 bits per heavy atom. The van der Waals surface area contributed by atoms with E-state index in [0.29, 0.717) is 18.5 Å². The van der Waals surface area contributed by atoms with E-state index in [-0.39, 0.29) is 12.5 Å². The van der Waals surface area contributed by atoms with Crippen LogP contribution in [0.4, 0.5) is 0 Å². The molecule has 0 heterocycles. The fourth-order valence-corrected chi connectivity index (χ4v) is 2.59. The predicted octanol–water partition coefficient (Wildman–Crippen LogP) is 1.63. The molecule has 3 atom stereocenters. The summed E-state index contributed by atoms with van der Waals surface area (Å²) in [6, 6.07) is 2.78. The van der Waals surface area contributed by atoms with Gasteiger partial charge in [-0.15, -0.1) is 0 Å². The van der Waals surface area contributed by atoms with Gasteiger partial charge in [0.1, 0.15) is 0 Å². The zero-order chi connectivity index (χ0) is 11.3. The molecule has 1 rings (SSSR count). The van der Waals surface area contributed by atoms with Crippen LogP contribution in [0.25, 0.3) is 0 Å². The van der Waals surface area contributed by atoms with E-state index in [0.717, 1.165) is 19.4 Å². The Morgan fingerprint density at radius 3 is 2.73 bits per heavy atom. The monoisotopic (exact) mass is 210 g/mol. The highest BCUT2D eigenvalue weighted by Gasteiger charge is 2.31. The molecule has 1 aliphatic rings. The van der Waals surface area contributed by atoms with Crippen molar-refractivity contribution in [2.24, 2.45) is 11.8 Å². The molecule has 0 aromatic rings. The van der Waals surface area contributed by atoms with Gasteiger partial charge < -0.3 is 5.11 Å². The smallest absolute Gasteiger partial charge is 0.0672 e. The van der Waals surface area contributed by atoms with Crippen LogP contribution < -0.4 is 0 Å². The second kappa shape index (κ2) is 6.09. The highest BCUT2D eigenvalue weighted by atomic mass is 16.3. The number of aliphatic hydroxyl groups excluding tert-OH is 1. The Bertz CT molecular complexity index is 224. The second-order valence-electron chi connectivity index (χ2n) is 4.57. The quantitative estimate of drug-likeness (QED) is 0.767. The molecule has 0 spiro atoms. The standard InChI is InChI=1S/C12H22N2O/c1-3-14(6-7-15)12-8-10(2)4-5-11(12)9-13/h10-12,15H,3-8H2,1-2H3. The minimum absolute atomic E-state index is 0.160. The van der Waals surface area contributed by atoms with Crippen LogP contribution in [-0.2, 0) is 0 Å². The van der Waals surface area contributed by atoms with Gasteiger partial charge in [0.2, 0.25) is 0 Å². The molecule has 3 unspecified atom stereocenters. The summed E-state index contributed by atoms with van der Waals surface area (Å²) >= 11 is 0. The summed E-state index contributed by atoms with van der Waals surface area (Å²) in [6.07, 6.45) is 3.29. The van der Waals surface area contributed by atoms with E-state index >= 15 is 0 Å². The lowest BCUT2D eigenvalue weighted by Crippen LogP contribution is -2.44. The third-order valence-corrected chi connectivity index (χ3v) is 3.51. The normalized spacial score (nSPS) is 31.5. The highest BCUT2D eigenvalue weighted by molar-refractivity contribution is 4.96. The molecule has 0 radical (unpaired) electrons. The lowest BCUT2D eigenvalue weighted by Gasteiger charge is -2.38. The van der Waals surface area contributed by atoms with Crippen LogP contribution in [0.3, 0.4) is 0 Å². The molecule has 0 amide bonds. The van der Waals surface area contributed by atoms with E-state index in [1.807, 2.05) is 0 Å². The number of hydrogen-bond donors (Lipinski definition) is 1. The molecule has 3 nitrogen and oxygen atoms in total. The maximum atomic E-state index is 9.12. The van der Waals surface area contributed by atoms with Crippen LogP contribution in [-0.4, -0.2) is 35.7 Å². The van der Waals surface area contributed by atoms with Crippen molar-refractivity contribution in [1.82, 2.24) is 4.90 Å². The van der Waals surface area contributed by atoms with Crippen molar-refractivity contribution in [3.05, 3.63) is 0 Å². The predicted molar refractivity (Wildman–Crippen MR) is 60.2 cm³/mol. The zero-order valence-electron chi connectivity index (χ0n) is 9.82. The molecule has 1 fully saturated rings. The van der Waals surface area contributed by atoms with E-state index in [1.165, 1.54) is 6.42 Å². The molecule has 86 valence electrons. The van der Waals surface area contributed by atoms with Crippen molar-refractivity contribution in [2.45, 2.75) is 39.2 Å². The van der Waals surface area contributed by atoms with Crippen LogP contribution in [0.2, 0.25) is 0 Å². The fourth-order valence-electron chi connectivity index (χ4n) is 2.59. The van der Waals surface area contributed by atoms with Crippen molar-refractivity contribution < 1.29 is 5.11 Å². The Kier molecular flexibility index (Phi) is 5.07. The SMILES string of the molecule is CCN(CCO)C1CC(C)CCC1C#N. The number of nitrogens with zero attached hydrogens (tertiary/aromatic N) is 2. The minimum Gasteiger partial charge on any atom is -0.395 e. The van der Waals surface area contributed by atoms with Crippen LogP contribution in [0, 0.1) is 23.2 Å². The molecule has 0 aliphatic heterocycles. The summed E-state index contributed by atoms with van der Waals surface area (Å²) in [7, 11) is 0. The maximum Gasteiger partial charge on any atom is 0.0672 e. The van der Waals surface area contributed by atoms with Crippen LogP contribution in [0.1, 0.15) is 33.1 Å². The molecular weight excluding hydrogens is 188 g/mol. The average Bonchev–Trinajstić information content (AvgIpc) is 2.26. The van der Waals surface area contributed by atoms with Gasteiger partial charge in [-0.3, -0.25) is 4.90 Å². The number of hydrogen-bond acceptors (Lipinski definition) is 3. The third kappa shape index (κ3) is 3.19. The number of aliphatic hydroxyl groups is 1. The third-order valence-electron chi connectivity index (χ3n) is 3.51. The van der Waals surface area contributed by atoms with E-state index in [2.05, 4.69) is 24.8 Å². The summed E-state index contributed by atoms with van der Waals surface area (Å²) in [6.45, 7) is 6.18. The van der Waals surface area contributed by atoms with Gasteiger partial charge >= 0.3 is 0 Å². The van der Waals surface area contributed by atoms with Crippen LogP contribution in [0.5, 0.6) is 0 Å². The molecule has 0 aromatic carbocycles. The lowest BCUT2D eigenvalue weighted by molar-refractivity contribution is 0.0905. The van der Waals surface area contributed by atoms with Gasteiger partial charge in [0.15, 0.2) is 0 Å². The van der Waals surface area contributed by atoms with Crippen molar-refractivity contribution in [3.8, 4) is 6.07 Å². The van der Waals surface area contributed by atoms with E-state index in [4.69, 9.17) is 10.4 Å². The van der Waals surface area contributed by atoms with Crippen molar-refractivity contribution in [2.75, 3.05) is 19.7 Å². The van der Waals surface area contributed by atoms with E-state index < -0.39 is 0 Å². The molecule has 15 heavy (non-hydrogen) atoms. The van der Waals surface area contributed by atoms with Crippen LogP contribution >= 0.6 is 0 Å². The zero-order valence-corrected chi connectivity index (χ0v) is 9.82. The van der Waals surface area contributed by atoms with E-state index in [1.54, 1.807) is 0 Å². The van der Waals surface area contributed by atoms with E-state index in [9.17, 15) is 0 Å². The van der Waals surface area contributed by atoms with Crippen molar-refractivity contribution >= 4 is 0 Å². The van der Waals surface area contributed by atoms with Crippen molar-refractivity contribution in [1.29, 1.82) is 5.26 Å². The molecule has 1 N–H and O–H groups in total. The molecule has 0 aromatic heterocycles. The summed E-state index contributed by atoms with van der Waals surface area (Å²) in [4.78, 5) is 2.25. The maximum absolute atomic E-state index is 9.12. The first-order valence-electron chi connectivity index (χ1n) is 5.97. The minimum atomic E-state index is 0.160. The van der Waals surface area contributed by atoms with Gasteiger partial charge in [-0.1, -0.05) is 13.8 Å². The summed E-state index contributed by atoms with van der Waals surface area (Å²) in [5.74, 6) is 0.875. The van der Waals surface area contributed by atoms with Gasteiger partial charge in [-0.25, -0.2) is 0 Å². The average molecular weight is 210 g/mol. The second-order valence-corrected chi connectivity index (χ2v) is 4.57. The van der Waals surface area contributed by atoms with Crippen LogP contribution in [0.15, 0.2) is 0 Å².